The fraction of sp³-hybridized carbons (Fsp3) is 0.286. The predicted molar refractivity (Wildman–Crippen MR) is 79.8 cm³/mol. The Morgan fingerprint density at radius 2 is 2.15 bits per heavy atom. The zero-order chi connectivity index (χ0) is 14.8. The van der Waals surface area contributed by atoms with Gasteiger partial charge in [0, 0.05) is 18.8 Å². The van der Waals surface area contributed by atoms with Gasteiger partial charge in [-0.2, -0.15) is 0 Å². The normalized spacial score (nSPS) is 9.55. The van der Waals surface area contributed by atoms with Crippen molar-refractivity contribution in [1.29, 1.82) is 0 Å². The van der Waals surface area contributed by atoms with Crippen molar-refractivity contribution < 1.29 is 14.7 Å². The lowest BCUT2D eigenvalue weighted by molar-refractivity contribution is 0.0696. The molecule has 0 aliphatic rings. The summed E-state index contributed by atoms with van der Waals surface area (Å²) in [5.74, 6) is 2.91. The molecule has 5 nitrogen and oxygen atoms in total. The third kappa shape index (κ3) is 6.16. The minimum atomic E-state index is -0.984. The van der Waals surface area contributed by atoms with Gasteiger partial charge in [-0.3, -0.25) is 0 Å². The second-order valence-corrected chi connectivity index (χ2v) is 4.98. The molecule has 0 bridgehead atoms. The Bertz CT molecular complexity index is 511. The van der Waals surface area contributed by atoms with Crippen molar-refractivity contribution in [3.8, 4) is 12.3 Å². The van der Waals surface area contributed by atoms with Crippen molar-refractivity contribution >= 4 is 23.8 Å². The van der Waals surface area contributed by atoms with E-state index in [1.165, 1.54) is 12.1 Å². The second-order valence-electron chi connectivity index (χ2n) is 3.87. The first kappa shape index (κ1) is 15.9. The first-order valence-corrected chi connectivity index (χ1v) is 7.14. The molecule has 0 unspecified atom stereocenters. The molecule has 0 saturated heterocycles. The lowest BCUT2D eigenvalue weighted by Crippen LogP contribution is -2.36. The first-order valence-electron chi connectivity index (χ1n) is 5.98. The van der Waals surface area contributed by atoms with Crippen LogP contribution in [0.15, 0.2) is 24.3 Å². The smallest absolute Gasteiger partial charge is 0.335 e. The van der Waals surface area contributed by atoms with Crippen molar-refractivity contribution in [2.45, 2.75) is 6.54 Å². The van der Waals surface area contributed by atoms with Gasteiger partial charge < -0.3 is 15.7 Å². The lowest BCUT2D eigenvalue weighted by atomic mass is 10.1. The third-order valence-electron chi connectivity index (χ3n) is 2.34. The van der Waals surface area contributed by atoms with Crippen molar-refractivity contribution in [1.82, 2.24) is 10.6 Å². The largest absolute Gasteiger partial charge is 0.478 e. The molecule has 6 heteroatoms. The molecule has 1 aromatic carbocycles. The molecular formula is C14H16N2O3S. The summed E-state index contributed by atoms with van der Waals surface area (Å²) in [5, 5.41) is 14.2. The number of benzene rings is 1. The van der Waals surface area contributed by atoms with Crippen LogP contribution in [0.25, 0.3) is 0 Å². The van der Waals surface area contributed by atoms with Gasteiger partial charge in [-0.15, -0.1) is 18.2 Å². The van der Waals surface area contributed by atoms with Crippen LogP contribution in [0.4, 0.5) is 4.79 Å². The number of hydrogen-bond donors (Lipinski definition) is 3. The predicted octanol–water partition coefficient (Wildman–Crippen LogP) is 1.55. The van der Waals surface area contributed by atoms with Crippen LogP contribution in [0, 0.1) is 12.3 Å². The van der Waals surface area contributed by atoms with Gasteiger partial charge in [-0.1, -0.05) is 18.1 Å². The molecule has 0 aromatic heterocycles. The van der Waals surface area contributed by atoms with Crippen LogP contribution < -0.4 is 10.6 Å². The van der Waals surface area contributed by atoms with Gasteiger partial charge in [0.15, 0.2) is 0 Å². The fourth-order valence-electron chi connectivity index (χ4n) is 1.43. The van der Waals surface area contributed by atoms with Gasteiger partial charge in [-0.25, -0.2) is 9.59 Å². The Kier molecular flexibility index (Phi) is 7.07. The quantitative estimate of drug-likeness (QED) is 0.526. The number of nitrogens with one attached hydrogen (secondary N) is 2. The molecule has 0 aliphatic heterocycles. The highest BCUT2D eigenvalue weighted by Crippen LogP contribution is 2.04. The van der Waals surface area contributed by atoms with E-state index in [-0.39, 0.29) is 18.1 Å². The Labute approximate surface area is 122 Å². The Morgan fingerprint density at radius 1 is 1.35 bits per heavy atom. The van der Waals surface area contributed by atoms with Crippen LogP contribution >= 0.6 is 11.8 Å². The van der Waals surface area contributed by atoms with Crippen molar-refractivity contribution in [2.75, 3.05) is 18.1 Å². The molecular weight excluding hydrogens is 276 g/mol. The fourth-order valence-corrected chi connectivity index (χ4v) is 1.94. The molecule has 1 rings (SSSR count). The van der Waals surface area contributed by atoms with Gasteiger partial charge in [0.1, 0.15) is 0 Å². The number of thioether (sulfide) groups is 1. The van der Waals surface area contributed by atoms with E-state index in [0.717, 1.165) is 11.3 Å². The molecule has 0 atom stereocenters. The number of carboxylic acids is 1. The highest BCUT2D eigenvalue weighted by atomic mass is 32.2. The van der Waals surface area contributed by atoms with Crippen LogP contribution in [0.2, 0.25) is 0 Å². The van der Waals surface area contributed by atoms with E-state index in [4.69, 9.17) is 11.5 Å². The van der Waals surface area contributed by atoms with Crippen LogP contribution in [-0.4, -0.2) is 35.2 Å². The van der Waals surface area contributed by atoms with E-state index in [0.29, 0.717) is 12.3 Å². The molecule has 3 N–H and O–H groups in total. The summed E-state index contributed by atoms with van der Waals surface area (Å²) in [6.45, 7) is 0.817. The lowest BCUT2D eigenvalue weighted by Gasteiger charge is -2.07. The number of carbonyl (C=O) groups is 2. The Hall–Kier alpha value is -2.13. The number of hydrogen-bond acceptors (Lipinski definition) is 3. The molecule has 0 spiro atoms. The molecule has 0 aliphatic carbocycles. The summed E-state index contributed by atoms with van der Waals surface area (Å²) in [6, 6.07) is 6.16. The number of terminal acetylenes is 1. The maximum absolute atomic E-state index is 11.5. The summed E-state index contributed by atoms with van der Waals surface area (Å²) >= 11 is 1.57. The molecule has 0 saturated carbocycles. The molecule has 106 valence electrons. The molecule has 0 heterocycles. The van der Waals surface area contributed by atoms with Crippen molar-refractivity contribution in [3.63, 3.8) is 0 Å². The summed E-state index contributed by atoms with van der Waals surface area (Å²) in [4.78, 5) is 22.3. The minimum Gasteiger partial charge on any atom is -0.478 e. The summed E-state index contributed by atoms with van der Waals surface area (Å²) in [5.41, 5.74) is 0.942. The van der Waals surface area contributed by atoms with Gasteiger partial charge in [0.25, 0.3) is 0 Å². The van der Waals surface area contributed by atoms with E-state index in [9.17, 15) is 9.59 Å². The number of rotatable bonds is 7. The SMILES string of the molecule is C#CCSCCNC(=O)NCc1cccc(C(=O)O)c1. The zero-order valence-corrected chi connectivity index (χ0v) is 11.7. The third-order valence-corrected chi connectivity index (χ3v) is 3.21. The van der Waals surface area contributed by atoms with E-state index >= 15 is 0 Å². The number of aromatic carboxylic acids is 1. The van der Waals surface area contributed by atoms with Crippen molar-refractivity contribution in [2.24, 2.45) is 0 Å². The molecule has 2 amide bonds. The van der Waals surface area contributed by atoms with Gasteiger partial charge in [-0.05, 0) is 17.7 Å². The number of amides is 2. The van der Waals surface area contributed by atoms with E-state index in [1.807, 2.05) is 0 Å². The van der Waals surface area contributed by atoms with Crippen LogP contribution in [0.1, 0.15) is 15.9 Å². The average Bonchev–Trinajstić information content (AvgIpc) is 2.45. The average molecular weight is 292 g/mol. The monoisotopic (exact) mass is 292 g/mol. The molecule has 0 radical (unpaired) electrons. The van der Waals surface area contributed by atoms with E-state index < -0.39 is 5.97 Å². The van der Waals surface area contributed by atoms with Gasteiger partial charge in [0.2, 0.25) is 0 Å². The highest BCUT2D eigenvalue weighted by molar-refractivity contribution is 7.99. The zero-order valence-electron chi connectivity index (χ0n) is 10.9. The molecule has 1 aromatic rings. The van der Waals surface area contributed by atoms with Gasteiger partial charge >= 0.3 is 12.0 Å². The maximum Gasteiger partial charge on any atom is 0.335 e. The maximum atomic E-state index is 11.5. The number of carbonyl (C=O) groups excluding carboxylic acids is 1. The molecule has 0 fully saturated rings. The number of carboxylic acid groups (broad SMARTS) is 1. The van der Waals surface area contributed by atoms with Crippen LogP contribution in [0.5, 0.6) is 0 Å². The standard InChI is InChI=1S/C14H16N2O3S/c1-2-7-20-8-6-15-14(19)16-10-11-4-3-5-12(9-11)13(17)18/h1,3-5,9H,6-8,10H2,(H,17,18)(H2,15,16,19). The minimum absolute atomic E-state index is 0.204. The van der Waals surface area contributed by atoms with Crippen LogP contribution in [0.3, 0.4) is 0 Å². The highest BCUT2D eigenvalue weighted by Gasteiger charge is 2.04. The summed E-state index contributed by atoms with van der Waals surface area (Å²) < 4.78 is 0. The first-order chi connectivity index (χ1) is 9.63. The Morgan fingerprint density at radius 3 is 2.85 bits per heavy atom. The topological polar surface area (TPSA) is 78.4 Å². The summed E-state index contributed by atoms with van der Waals surface area (Å²) in [6.07, 6.45) is 5.10. The number of urea groups is 1. The van der Waals surface area contributed by atoms with Crippen molar-refractivity contribution in [3.05, 3.63) is 35.4 Å². The molecule has 20 heavy (non-hydrogen) atoms. The second kappa shape index (κ2) is 8.88. The Balaban J connectivity index is 2.29. The summed E-state index contributed by atoms with van der Waals surface area (Å²) in [7, 11) is 0. The van der Waals surface area contributed by atoms with E-state index in [1.54, 1.807) is 23.9 Å². The van der Waals surface area contributed by atoms with Crippen LogP contribution in [-0.2, 0) is 6.54 Å². The van der Waals surface area contributed by atoms with E-state index in [2.05, 4.69) is 16.6 Å². The van der Waals surface area contributed by atoms with Gasteiger partial charge in [0.05, 0.1) is 11.3 Å².